The van der Waals surface area contributed by atoms with Crippen LogP contribution in [-0.4, -0.2) is 66.8 Å². The van der Waals surface area contributed by atoms with Crippen molar-refractivity contribution in [2.45, 2.75) is 43.6 Å². The van der Waals surface area contributed by atoms with E-state index in [1.165, 1.54) is 0 Å². The number of quaternary nitrogens is 1. The zero-order valence-electron chi connectivity index (χ0n) is 26.1. The average molecular weight is 607 g/mol. The summed E-state index contributed by atoms with van der Waals surface area (Å²) in [4.78, 5) is 31.4. The first-order valence-electron chi connectivity index (χ1n) is 15.6. The number of hydrogen-bond donors (Lipinski definition) is 4. The van der Waals surface area contributed by atoms with Crippen LogP contribution in [0.2, 0.25) is 0 Å². The van der Waals surface area contributed by atoms with Crippen LogP contribution in [0.15, 0.2) is 115 Å². The Morgan fingerprint density at radius 3 is 2.13 bits per heavy atom. The molecular weight excluding hydrogens is 562 g/mol. The fraction of sp³-hybridized carbons (Fsp3) is 0.297. The Hall–Kier alpha value is -4.66. The molecule has 5 N–H and O–H groups in total. The van der Waals surface area contributed by atoms with Crippen molar-refractivity contribution < 1.29 is 20.0 Å². The number of nitrogens with two attached hydrogens (primary N) is 1. The van der Waals surface area contributed by atoms with Gasteiger partial charge in [0, 0.05) is 38.3 Å². The molecule has 8 nitrogen and oxygen atoms in total. The number of nitrogens with one attached hydrogen (secondary N) is 2. The summed E-state index contributed by atoms with van der Waals surface area (Å²) in [5.41, 5.74) is 4.04. The van der Waals surface area contributed by atoms with E-state index in [2.05, 4.69) is 39.0 Å². The predicted octanol–water partition coefficient (Wildman–Crippen LogP) is 3.11. The molecule has 0 radical (unpaired) electrons. The maximum Gasteiger partial charge on any atom is 0.318 e. The van der Waals surface area contributed by atoms with E-state index >= 15 is 0 Å². The second kappa shape index (κ2) is 14.9. The molecule has 1 aliphatic rings. The van der Waals surface area contributed by atoms with Crippen molar-refractivity contribution in [2.24, 2.45) is 0 Å². The van der Waals surface area contributed by atoms with E-state index in [1.54, 1.807) is 4.90 Å². The monoisotopic (exact) mass is 606 g/mol. The minimum absolute atomic E-state index is 0.212. The molecule has 0 spiro atoms. The number of anilines is 1. The van der Waals surface area contributed by atoms with Gasteiger partial charge < -0.3 is 30.9 Å². The molecule has 4 aromatic rings. The van der Waals surface area contributed by atoms with Gasteiger partial charge in [0.25, 0.3) is 0 Å². The van der Waals surface area contributed by atoms with E-state index in [-0.39, 0.29) is 18.5 Å². The minimum Gasteiger partial charge on any atom is -0.385 e. The number of rotatable bonds is 14. The van der Waals surface area contributed by atoms with Gasteiger partial charge in [-0.05, 0) is 35.2 Å². The third kappa shape index (κ3) is 8.50. The third-order valence-corrected chi connectivity index (χ3v) is 8.39. The predicted molar refractivity (Wildman–Crippen MR) is 178 cm³/mol. The normalized spacial score (nSPS) is 17.4. The van der Waals surface area contributed by atoms with Crippen LogP contribution in [0.4, 0.5) is 10.5 Å². The molecule has 0 unspecified atom stereocenters. The number of aliphatic hydroxyl groups is 1. The highest BCUT2D eigenvalue weighted by Gasteiger charge is 2.49. The summed E-state index contributed by atoms with van der Waals surface area (Å²) in [5.74, 6) is -0.297. The Morgan fingerprint density at radius 2 is 1.49 bits per heavy atom. The van der Waals surface area contributed by atoms with Gasteiger partial charge in [-0.2, -0.15) is 0 Å². The molecule has 0 aliphatic carbocycles. The second-order valence-electron chi connectivity index (χ2n) is 12.1. The standard InChI is InChI=1S/C37H43N5O3/c1-41(2)32-20-12-19-31(21-32)24-38-25-34(43)33(22-28-13-6-3-7-14-28)39-35(44)37(23-29-15-8-4-9-16-29)27-42(36(45)40-37)26-30-17-10-5-11-18-30/h3-21,33-34,38,43H,22-27H2,1-2H3,(H,39,44)(H,40,45)/p+1/t33-,34+,37-/m0/s1. The number of hydrogen-bond acceptors (Lipinski definition) is 4. The van der Waals surface area contributed by atoms with Crippen LogP contribution in [0.1, 0.15) is 22.3 Å². The molecule has 3 amide bonds. The van der Waals surface area contributed by atoms with E-state index in [9.17, 15) is 14.7 Å². The van der Waals surface area contributed by atoms with Crippen LogP contribution in [0.25, 0.3) is 0 Å². The summed E-state index contributed by atoms with van der Waals surface area (Å²) < 4.78 is 0. The lowest BCUT2D eigenvalue weighted by Gasteiger charge is -2.32. The topological polar surface area (TPSA) is 102 Å². The van der Waals surface area contributed by atoms with Crippen molar-refractivity contribution in [3.05, 3.63) is 138 Å². The Bertz CT molecular complexity index is 1530. The van der Waals surface area contributed by atoms with E-state index in [0.29, 0.717) is 32.5 Å². The lowest BCUT2D eigenvalue weighted by molar-refractivity contribution is -0.676. The van der Waals surface area contributed by atoms with Crippen LogP contribution in [0, 0.1) is 0 Å². The van der Waals surface area contributed by atoms with Crippen molar-refractivity contribution in [1.82, 2.24) is 15.5 Å². The van der Waals surface area contributed by atoms with Gasteiger partial charge in [0.1, 0.15) is 24.7 Å². The summed E-state index contributed by atoms with van der Waals surface area (Å²) in [6.07, 6.45) is -0.0301. The molecule has 45 heavy (non-hydrogen) atoms. The molecule has 3 atom stereocenters. The van der Waals surface area contributed by atoms with Gasteiger partial charge in [-0.25, -0.2) is 4.79 Å². The first kappa shape index (κ1) is 31.8. The molecular formula is C37H44N5O3+. The number of carbonyl (C=O) groups is 2. The fourth-order valence-corrected chi connectivity index (χ4v) is 5.91. The van der Waals surface area contributed by atoms with E-state index in [1.807, 2.05) is 111 Å². The first-order valence-corrected chi connectivity index (χ1v) is 15.6. The van der Waals surface area contributed by atoms with Gasteiger partial charge in [-0.3, -0.25) is 4.79 Å². The summed E-state index contributed by atoms with van der Waals surface area (Å²) in [6, 6.07) is 36.9. The lowest BCUT2D eigenvalue weighted by Crippen LogP contribution is -2.86. The van der Waals surface area contributed by atoms with E-state index in [4.69, 9.17) is 0 Å². The quantitative estimate of drug-likeness (QED) is 0.177. The van der Waals surface area contributed by atoms with Crippen LogP contribution in [0.5, 0.6) is 0 Å². The molecule has 234 valence electrons. The Labute approximate surface area is 266 Å². The highest BCUT2D eigenvalue weighted by atomic mass is 16.3. The summed E-state index contributed by atoms with van der Waals surface area (Å²) in [6.45, 7) is 1.72. The number of urea groups is 1. The van der Waals surface area contributed by atoms with E-state index < -0.39 is 17.7 Å². The zero-order valence-corrected chi connectivity index (χ0v) is 26.1. The first-order chi connectivity index (χ1) is 21.8. The Kier molecular flexibility index (Phi) is 10.5. The highest BCUT2D eigenvalue weighted by molar-refractivity contribution is 5.95. The molecule has 8 heteroatoms. The van der Waals surface area contributed by atoms with Crippen LogP contribution >= 0.6 is 0 Å². The van der Waals surface area contributed by atoms with Gasteiger partial charge in [0.15, 0.2) is 0 Å². The molecule has 0 bridgehead atoms. The maximum absolute atomic E-state index is 14.3. The average Bonchev–Trinajstić information content (AvgIpc) is 3.37. The summed E-state index contributed by atoms with van der Waals surface area (Å²) in [7, 11) is 4.03. The van der Waals surface area contributed by atoms with Crippen molar-refractivity contribution in [3.63, 3.8) is 0 Å². The van der Waals surface area contributed by atoms with E-state index in [0.717, 1.165) is 27.9 Å². The maximum atomic E-state index is 14.3. The van der Waals surface area contributed by atoms with Crippen molar-refractivity contribution in [2.75, 3.05) is 32.1 Å². The molecule has 1 heterocycles. The number of carbonyl (C=O) groups excluding carboxylic acids is 2. The van der Waals surface area contributed by atoms with Crippen molar-refractivity contribution >= 4 is 17.6 Å². The van der Waals surface area contributed by atoms with Crippen LogP contribution < -0.4 is 20.9 Å². The Morgan fingerprint density at radius 1 is 0.889 bits per heavy atom. The van der Waals surface area contributed by atoms with Crippen LogP contribution in [0.3, 0.4) is 0 Å². The SMILES string of the molecule is CN(C)c1cccc(C[NH2+]C[C@@H](O)[C@H](Cc2ccccc2)NC(=O)[C@]2(Cc3ccccc3)CN(Cc3ccccc3)C(=O)N2)c1. The highest BCUT2D eigenvalue weighted by Crippen LogP contribution is 2.24. The molecule has 5 rings (SSSR count). The van der Waals surface area contributed by atoms with Crippen molar-refractivity contribution in [3.8, 4) is 0 Å². The van der Waals surface area contributed by atoms with Gasteiger partial charge >= 0.3 is 6.03 Å². The Balaban J connectivity index is 1.34. The number of amides is 3. The van der Waals surface area contributed by atoms with Gasteiger partial charge in [0.05, 0.1) is 12.6 Å². The minimum atomic E-state index is -1.20. The molecule has 0 aromatic heterocycles. The fourth-order valence-electron chi connectivity index (χ4n) is 5.91. The lowest BCUT2D eigenvalue weighted by atomic mass is 9.89. The third-order valence-electron chi connectivity index (χ3n) is 8.39. The van der Waals surface area contributed by atoms with Crippen LogP contribution in [-0.2, 0) is 30.7 Å². The summed E-state index contributed by atoms with van der Waals surface area (Å²) in [5, 5.41) is 19.8. The van der Waals surface area contributed by atoms with Gasteiger partial charge in [-0.1, -0.05) is 103 Å². The van der Waals surface area contributed by atoms with Gasteiger partial charge in [-0.15, -0.1) is 0 Å². The molecule has 1 saturated heterocycles. The molecule has 1 fully saturated rings. The zero-order chi connectivity index (χ0) is 31.6. The molecule has 1 aliphatic heterocycles. The van der Waals surface area contributed by atoms with Crippen molar-refractivity contribution in [1.29, 1.82) is 0 Å². The smallest absolute Gasteiger partial charge is 0.318 e. The molecule has 4 aromatic carbocycles. The number of nitrogens with zero attached hydrogens (tertiary/aromatic N) is 2. The molecule has 0 saturated carbocycles. The largest absolute Gasteiger partial charge is 0.385 e. The van der Waals surface area contributed by atoms with Gasteiger partial charge in [0.2, 0.25) is 5.91 Å². The number of aliphatic hydroxyl groups excluding tert-OH is 1. The number of benzene rings is 4. The second-order valence-corrected chi connectivity index (χ2v) is 12.1. The summed E-state index contributed by atoms with van der Waals surface area (Å²) >= 11 is 0.